The highest BCUT2D eigenvalue weighted by Crippen LogP contribution is 2.40. The Morgan fingerprint density at radius 3 is 2.44 bits per heavy atom. The van der Waals surface area contributed by atoms with Crippen LogP contribution in [0.3, 0.4) is 0 Å². The van der Waals surface area contributed by atoms with Gasteiger partial charge < -0.3 is 9.03 Å². The number of carbonyl (C=O) groups is 1. The number of benzene rings is 1. The van der Waals surface area contributed by atoms with Crippen LogP contribution in [0, 0.1) is 0 Å². The summed E-state index contributed by atoms with van der Waals surface area (Å²) in [5, 5.41) is 0.0504. The zero-order valence-corrected chi connectivity index (χ0v) is 10.6. The second-order valence-corrected chi connectivity index (χ2v) is 3.83. The minimum absolute atomic E-state index is 0.0362. The van der Waals surface area contributed by atoms with Crippen molar-refractivity contribution in [2.24, 2.45) is 0 Å². The van der Waals surface area contributed by atoms with Crippen LogP contribution in [0.2, 0.25) is 15.1 Å². The van der Waals surface area contributed by atoms with Gasteiger partial charge in [-0.2, -0.15) is 0 Å². The lowest BCUT2D eigenvalue weighted by atomic mass is 10.2. The largest absolute Gasteiger partial charge is 0.431 e. The summed E-state index contributed by atoms with van der Waals surface area (Å²) in [4.78, 5) is 11.4. The molecule has 0 amide bonds. The van der Waals surface area contributed by atoms with E-state index in [9.17, 15) is 4.79 Å². The molecule has 1 rings (SSSR count). The standard InChI is InChI=1S/C9H4Cl4O3/c1-2-15-9(14)4-3-5(10)6(11)7(12)8(4)16-13/h2-3H,1H2. The van der Waals surface area contributed by atoms with Gasteiger partial charge in [0.15, 0.2) is 5.75 Å². The minimum atomic E-state index is -0.758. The molecule has 0 heterocycles. The maximum Gasteiger partial charge on any atom is 0.346 e. The molecule has 0 atom stereocenters. The average molecular weight is 302 g/mol. The quantitative estimate of drug-likeness (QED) is 0.469. The highest BCUT2D eigenvalue weighted by atomic mass is 35.5. The fourth-order valence-corrected chi connectivity index (χ4v) is 1.78. The lowest BCUT2D eigenvalue weighted by Gasteiger charge is -2.09. The molecule has 3 nitrogen and oxygen atoms in total. The minimum Gasteiger partial charge on any atom is -0.431 e. The third kappa shape index (κ3) is 2.55. The zero-order chi connectivity index (χ0) is 12.3. The lowest BCUT2D eigenvalue weighted by molar-refractivity contribution is 0.0662. The van der Waals surface area contributed by atoms with Crippen LogP contribution in [0.5, 0.6) is 5.75 Å². The molecule has 1 aromatic rings. The highest BCUT2D eigenvalue weighted by Gasteiger charge is 2.22. The topological polar surface area (TPSA) is 35.5 Å². The Bertz CT molecular complexity index is 445. The van der Waals surface area contributed by atoms with Gasteiger partial charge in [-0.05, 0) is 6.07 Å². The summed E-state index contributed by atoms with van der Waals surface area (Å²) in [7, 11) is 0. The second-order valence-electron chi connectivity index (χ2n) is 2.51. The first-order chi connectivity index (χ1) is 7.52. The third-order valence-electron chi connectivity index (χ3n) is 1.60. The van der Waals surface area contributed by atoms with E-state index in [2.05, 4.69) is 15.6 Å². The van der Waals surface area contributed by atoms with Gasteiger partial charge in [0, 0.05) is 0 Å². The maximum absolute atomic E-state index is 11.4. The molecule has 0 saturated heterocycles. The Labute approximate surface area is 112 Å². The van der Waals surface area contributed by atoms with Crippen LogP contribution >= 0.6 is 46.7 Å². The number of rotatable bonds is 3. The Balaban J connectivity index is 3.38. The molecule has 16 heavy (non-hydrogen) atoms. The molecule has 0 aliphatic carbocycles. The zero-order valence-electron chi connectivity index (χ0n) is 7.60. The van der Waals surface area contributed by atoms with E-state index in [4.69, 9.17) is 46.7 Å². The van der Waals surface area contributed by atoms with E-state index in [1.54, 1.807) is 0 Å². The SMILES string of the molecule is C=COC(=O)c1cc(Cl)c(Cl)c(Cl)c1OCl. The molecule has 7 heteroatoms. The molecule has 0 radical (unpaired) electrons. The molecule has 0 aliphatic rings. The maximum atomic E-state index is 11.4. The van der Waals surface area contributed by atoms with Crippen LogP contribution in [0.15, 0.2) is 18.9 Å². The summed E-state index contributed by atoms with van der Waals surface area (Å²) in [6.45, 7) is 3.24. The van der Waals surface area contributed by atoms with Crippen molar-refractivity contribution in [2.75, 3.05) is 0 Å². The van der Waals surface area contributed by atoms with Gasteiger partial charge in [0.1, 0.15) is 22.5 Å². The fourth-order valence-electron chi connectivity index (χ4n) is 0.945. The van der Waals surface area contributed by atoms with Crippen molar-refractivity contribution in [3.05, 3.63) is 39.5 Å². The first-order valence-electron chi connectivity index (χ1n) is 3.80. The third-order valence-corrected chi connectivity index (χ3v) is 3.00. The van der Waals surface area contributed by atoms with E-state index in [1.807, 2.05) is 0 Å². The summed E-state index contributed by atoms with van der Waals surface area (Å²) >= 11 is 22.5. The molecule has 0 bridgehead atoms. The Hall–Kier alpha value is -0.610. The van der Waals surface area contributed by atoms with Crippen LogP contribution < -0.4 is 4.29 Å². The van der Waals surface area contributed by atoms with E-state index in [-0.39, 0.29) is 26.4 Å². The first-order valence-corrected chi connectivity index (χ1v) is 5.25. The summed E-state index contributed by atoms with van der Waals surface area (Å²) in [5.74, 6) is -0.879. The molecule has 0 aliphatic heterocycles. The number of carbonyl (C=O) groups excluding carboxylic acids is 1. The number of esters is 1. The second kappa shape index (κ2) is 5.64. The molecule has 0 unspecified atom stereocenters. The molecule has 0 N–H and O–H groups in total. The Kier molecular flexibility index (Phi) is 4.74. The van der Waals surface area contributed by atoms with Gasteiger partial charge in [0.05, 0.1) is 16.3 Å². The van der Waals surface area contributed by atoms with Crippen molar-refractivity contribution >= 4 is 52.6 Å². The van der Waals surface area contributed by atoms with Crippen LogP contribution in [0.4, 0.5) is 0 Å². The van der Waals surface area contributed by atoms with Crippen molar-refractivity contribution in [2.45, 2.75) is 0 Å². The van der Waals surface area contributed by atoms with Gasteiger partial charge in [-0.25, -0.2) is 4.79 Å². The van der Waals surface area contributed by atoms with Crippen molar-refractivity contribution in [3.8, 4) is 5.75 Å². The predicted octanol–water partition coefficient (Wildman–Crippen LogP) is 4.48. The van der Waals surface area contributed by atoms with Crippen molar-refractivity contribution in [3.63, 3.8) is 0 Å². The fraction of sp³-hybridized carbons (Fsp3) is 0. The molecule has 0 aromatic heterocycles. The van der Waals surface area contributed by atoms with Gasteiger partial charge in [-0.1, -0.05) is 41.4 Å². The Morgan fingerprint density at radius 1 is 1.31 bits per heavy atom. The molecule has 0 fully saturated rings. The normalized spacial score (nSPS) is 9.75. The van der Waals surface area contributed by atoms with Gasteiger partial charge in [-0.15, -0.1) is 0 Å². The monoisotopic (exact) mass is 300 g/mol. The number of ether oxygens (including phenoxy) is 1. The van der Waals surface area contributed by atoms with E-state index < -0.39 is 5.97 Å². The molecule has 86 valence electrons. The van der Waals surface area contributed by atoms with Gasteiger partial charge >= 0.3 is 5.97 Å². The van der Waals surface area contributed by atoms with E-state index in [1.165, 1.54) is 6.07 Å². The summed E-state index contributed by atoms with van der Waals surface area (Å²) < 4.78 is 8.99. The van der Waals surface area contributed by atoms with Crippen LogP contribution in [0.1, 0.15) is 10.4 Å². The van der Waals surface area contributed by atoms with Gasteiger partial charge in [0.25, 0.3) is 0 Å². The number of halogens is 4. The van der Waals surface area contributed by atoms with Crippen molar-refractivity contribution in [1.29, 1.82) is 0 Å². The van der Waals surface area contributed by atoms with E-state index in [0.29, 0.717) is 0 Å². The Morgan fingerprint density at radius 2 is 1.94 bits per heavy atom. The summed E-state index contributed by atoms with van der Waals surface area (Å²) in [6.07, 6.45) is 0.955. The van der Waals surface area contributed by atoms with E-state index in [0.717, 1.165) is 6.26 Å². The first kappa shape index (κ1) is 13.5. The number of hydrogen-bond donors (Lipinski definition) is 0. The lowest BCUT2D eigenvalue weighted by Crippen LogP contribution is -2.03. The molecule has 0 spiro atoms. The molecular formula is C9H4Cl4O3. The molecular weight excluding hydrogens is 298 g/mol. The molecule has 0 saturated carbocycles. The van der Waals surface area contributed by atoms with Crippen LogP contribution in [-0.4, -0.2) is 5.97 Å². The van der Waals surface area contributed by atoms with Crippen molar-refractivity contribution in [1.82, 2.24) is 0 Å². The van der Waals surface area contributed by atoms with Crippen LogP contribution in [-0.2, 0) is 4.74 Å². The van der Waals surface area contributed by atoms with Crippen LogP contribution in [0.25, 0.3) is 0 Å². The summed E-state index contributed by atoms with van der Waals surface area (Å²) in [5.41, 5.74) is -0.0469. The summed E-state index contributed by atoms with van der Waals surface area (Å²) in [6, 6.07) is 1.24. The smallest absolute Gasteiger partial charge is 0.346 e. The van der Waals surface area contributed by atoms with Gasteiger partial charge in [0.2, 0.25) is 0 Å². The highest BCUT2D eigenvalue weighted by molar-refractivity contribution is 6.49. The van der Waals surface area contributed by atoms with Gasteiger partial charge in [-0.3, -0.25) is 0 Å². The number of hydrogen-bond acceptors (Lipinski definition) is 3. The van der Waals surface area contributed by atoms with E-state index >= 15 is 0 Å². The van der Waals surface area contributed by atoms with Crippen molar-refractivity contribution < 1.29 is 13.8 Å². The predicted molar refractivity (Wildman–Crippen MR) is 63.6 cm³/mol. The average Bonchev–Trinajstić information content (AvgIpc) is 2.26. The molecule has 1 aromatic carbocycles.